The average Bonchev–Trinajstić information content (AvgIpc) is 3.48. The van der Waals surface area contributed by atoms with Crippen molar-refractivity contribution in [1.29, 1.82) is 0 Å². The standard InChI is InChI=1S/C23H23F2N5O2/c24-18-10-9-16(11-19(18)25)22(32)28-23(26-17-3-1-2-4-17)27-21-12-20(29-30-21)15-7-5-14(13-31)6-8-15/h5-12,17,31H,1-4,13H2,(H3,26,27,28,29,30,32). The molecule has 32 heavy (non-hydrogen) atoms. The van der Waals surface area contributed by atoms with Gasteiger partial charge in [0.1, 0.15) is 0 Å². The fourth-order valence-electron chi connectivity index (χ4n) is 3.60. The number of halogens is 2. The first kappa shape index (κ1) is 21.6. The molecule has 2 aromatic carbocycles. The number of nitrogens with zero attached hydrogens (tertiary/aromatic N) is 2. The van der Waals surface area contributed by atoms with Gasteiger partial charge in [-0.2, -0.15) is 10.1 Å². The zero-order chi connectivity index (χ0) is 22.5. The first-order valence-corrected chi connectivity index (χ1v) is 10.4. The first-order chi connectivity index (χ1) is 15.5. The van der Waals surface area contributed by atoms with Crippen molar-refractivity contribution in [1.82, 2.24) is 15.5 Å². The van der Waals surface area contributed by atoms with Gasteiger partial charge in [0.2, 0.25) is 5.96 Å². The van der Waals surface area contributed by atoms with E-state index in [9.17, 15) is 18.7 Å². The summed E-state index contributed by atoms with van der Waals surface area (Å²) in [5, 5.41) is 22.6. The molecule has 7 nitrogen and oxygen atoms in total. The van der Waals surface area contributed by atoms with Crippen LogP contribution in [0.25, 0.3) is 11.3 Å². The largest absolute Gasteiger partial charge is 0.392 e. The summed E-state index contributed by atoms with van der Waals surface area (Å²) in [6, 6.07) is 12.2. The summed E-state index contributed by atoms with van der Waals surface area (Å²) in [5.74, 6) is -2.20. The highest BCUT2D eigenvalue weighted by molar-refractivity contribution is 6.06. The van der Waals surface area contributed by atoms with Crippen molar-refractivity contribution in [2.24, 2.45) is 4.99 Å². The molecule has 4 N–H and O–H groups in total. The molecule has 0 bridgehead atoms. The lowest BCUT2D eigenvalue weighted by Gasteiger charge is -2.15. The van der Waals surface area contributed by atoms with E-state index in [2.05, 4.69) is 25.8 Å². The Hall–Kier alpha value is -3.59. The van der Waals surface area contributed by atoms with Crippen molar-refractivity contribution < 1.29 is 18.7 Å². The molecule has 0 radical (unpaired) electrons. The van der Waals surface area contributed by atoms with Crippen molar-refractivity contribution in [2.75, 3.05) is 5.32 Å². The molecule has 1 aromatic heterocycles. The summed E-state index contributed by atoms with van der Waals surface area (Å²) in [6.45, 7) is -0.0330. The number of guanidine groups is 1. The van der Waals surface area contributed by atoms with E-state index in [4.69, 9.17) is 0 Å². The van der Waals surface area contributed by atoms with E-state index >= 15 is 0 Å². The second-order valence-corrected chi connectivity index (χ2v) is 7.67. The maximum atomic E-state index is 13.5. The van der Waals surface area contributed by atoms with Gasteiger partial charge in [0.05, 0.1) is 12.3 Å². The Balaban J connectivity index is 1.55. The lowest BCUT2D eigenvalue weighted by Crippen LogP contribution is -2.38. The van der Waals surface area contributed by atoms with Crippen LogP contribution in [0.2, 0.25) is 0 Å². The molecule has 1 amide bonds. The minimum absolute atomic E-state index is 0.0330. The predicted octanol–water partition coefficient (Wildman–Crippen LogP) is 3.99. The highest BCUT2D eigenvalue weighted by atomic mass is 19.2. The van der Waals surface area contributed by atoms with Crippen molar-refractivity contribution in [2.45, 2.75) is 38.3 Å². The molecule has 1 fully saturated rings. The van der Waals surface area contributed by atoms with Crippen molar-refractivity contribution in [3.63, 3.8) is 0 Å². The van der Waals surface area contributed by atoms with Gasteiger partial charge in [0.25, 0.3) is 5.91 Å². The van der Waals surface area contributed by atoms with Gasteiger partial charge in [-0.3, -0.25) is 9.89 Å². The van der Waals surface area contributed by atoms with Gasteiger partial charge in [-0.15, -0.1) is 0 Å². The highest BCUT2D eigenvalue weighted by Crippen LogP contribution is 2.21. The van der Waals surface area contributed by atoms with Gasteiger partial charge in [-0.25, -0.2) is 8.78 Å². The minimum atomic E-state index is -1.10. The van der Waals surface area contributed by atoms with E-state index in [0.717, 1.165) is 54.6 Å². The van der Waals surface area contributed by atoms with Crippen LogP contribution in [0.5, 0.6) is 0 Å². The molecule has 0 spiro atoms. The van der Waals surface area contributed by atoms with Crippen LogP contribution in [-0.4, -0.2) is 33.2 Å². The lowest BCUT2D eigenvalue weighted by atomic mass is 10.1. The van der Waals surface area contributed by atoms with E-state index in [1.54, 1.807) is 6.07 Å². The van der Waals surface area contributed by atoms with Gasteiger partial charge in [-0.05, 0) is 42.2 Å². The second-order valence-electron chi connectivity index (χ2n) is 7.67. The molecule has 9 heteroatoms. The number of aromatic nitrogens is 2. The van der Waals surface area contributed by atoms with Gasteiger partial charge in [0, 0.05) is 17.7 Å². The van der Waals surface area contributed by atoms with Gasteiger partial charge in [0.15, 0.2) is 17.5 Å². The molecule has 0 atom stereocenters. The number of rotatable bonds is 5. The molecular weight excluding hydrogens is 416 g/mol. The van der Waals surface area contributed by atoms with E-state index in [1.807, 2.05) is 24.3 Å². The number of hydrogen-bond acceptors (Lipinski definition) is 3. The van der Waals surface area contributed by atoms with Gasteiger partial charge >= 0.3 is 0 Å². The third-order valence-corrected chi connectivity index (χ3v) is 5.35. The number of benzene rings is 2. The maximum Gasteiger partial charge on any atom is 0.280 e. The van der Waals surface area contributed by atoms with Gasteiger partial charge in [-0.1, -0.05) is 37.1 Å². The summed E-state index contributed by atoms with van der Waals surface area (Å²) in [4.78, 5) is 16.6. The zero-order valence-electron chi connectivity index (χ0n) is 17.2. The summed E-state index contributed by atoms with van der Waals surface area (Å²) in [7, 11) is 0. The molecule has 1 heterocycles. The number of aliphatic hydroxyl groups excluding tert-OH is 1. The molecule has 1 aliphatic rings. The number of hydrogen-bond donors (Lipinski definition) is 4. The maximum absolute atomic E-state index is 13.5. The Morgan fingerprint density at radius 2 is 1.84 bits per heavy atom. The van der Waals surface area contributed by atoms with Crippen LogP contribution in [0.15, 0.2) is 53.5 Å². The van der Waals surface area contributed by atoms with Crippen LogP contribution in [0.1, 0.15) is 41.6 Å². The quantitative estimate of drug-likeness (QED) is 0.356. The summed E-state index contributed by atoms with van der Waals surface area (Å²) >= 11 is 0. The molecular formula is C23H23F2N5O2. The normalized spacial score (nSPS) is 14.5. The van der Waals surface area contributed by atoms with E-state index in [0.29, 0.717) is 5.82 Å². The number of amides is 1. The number of nitrogens with one attached hydrogen (secondary N) is 3. The fourth-order valence-corrected chi connectivity index (χ4v) is 3.60. The Morgan fingerprint density at radius 1 is 1.09 bits per heavy atom. The van der Waals surface area contributed by atoms with Crippen molar-refractivity contribution in [3.05, 3.63) is 71.3 Å². The Bertz CT molecular complexity index is 1120. The van der Waals surface area contributed by atoms with E-state index in [1.165, 1.54) is 6.07 Å². The summed E-state index contributed by atoms with van der Waals surface area (Å²) in [5.41, 5.74) is 2.37. The van der Waals surface area contributed by atoms with Crippen LogP contribution in [0, 0.1) is 11.6 Å². The van der Waals surface area contributed by atoms with E-state index < -0.39 is 17.5 Å². The van der Waals surface area contributed by atoms with E-state index in [-0.39, 0.29) is 24.2 Å². The Labute approximate surface area is 183 Å². The highest BCUT2D eigenvalue weighted by Gasteiger charge is 2.18. The molecule has 0 saturated heterocycles. The number of H-pyrrole nitrogens is 1. The van der Waals surface area contributed by atoms with Gasteiger partial charge < -0.3 is 15.7 Å². The van der Waals surface area contributed by atoms with Crippen LogP contribution in [0.3, 0.4) is 0 Å². The molecule has 0 unspecified atom stereocenters. The fraction of sp³-hybridized carbons (Fsp3) is 0.261. The molecule has 4 rings (SSSR count). The number of aromatic amines is 1. The zero-order valence-corrected chi connectivity index (χ0v) is 17.2. The lowest BCUT2D eigenvalue weighted by molar-refractivity contribution is 0.100. The molecule has 1 saturated carbocycles. The summed E-state index contributed by atoms with van der Waals surface area (Å²) in [6.07, 6.45) is 4.06. The van der Waals surface area contributed by atoms with Crippen LogP contribution in [0.4, 0.5) is 14.6 Å². The van der Waals surface area contributed by atoms with Crippen molar-refractivity contribution in [3.8, 4) is 11.3 Å². The van der Waals surface area contributed by atoms with Crippen LogP contribution in [-0.2, 0) is 6.61 Å². The summed E-state index contributed by atoms with van der Waals surface area (Å²) < 4.78 is 26.7. The smallest absolute Gasteiger partial charge is 0.280 e. The Kier molecular flexibility index (Phi) is 6.55. The molecule has 1 aliphatic carbocycles. The number of aliphatic imine (C=N–C) groups is 1. The SMILES string of the molecule is O=C(/N=C(\Nc1cc(-c2ccc(CO)cc2)[nH]n1)NC1CCCC1)c1ccc(F)c(F)c1. The first-order valence-electron chi connectivity index (χ1n) is 10.4. The Morgan fingerprint density at radius 3 is 2.53 bits per heavy atom. The van der Waals surface area contributed by atoms with Crippen LogP contribution < -0.4 is 10.6 Å². The topological polar surface area (TPSA) is 102 Å². The number of anilines is 1. The molecule has 0 aliphatic heterocycles. The average molecular weight is 439 g/mol. The number of carbonyl (C=O) groups is 1. The number of carbonyl (C=O) groups excluding carboxylic acids is 1. The third kappa shape index (κ3) is 5.17. The molecule has 3 aromatic rings. The van der Waals surface area contributed by atoms with Crippen LogP contribution >= 0.6 is 0 Å². The number of aliphatic hydroxyl groups is 1. The minimum Gasteiger partial charge on any atom is -0.392 e. The predicted molar refractivity (Wildman–Crippen MR) is 117 cm³/mol. The molecule has 166 valence electrons. The monoisotopic (exact) mass is 439 g/mol. The van der Waals surface area contributed by atoms with Crippen molar-refractivity contribution >= 4 is 17.7 Å². The third-order valence-electron chi connectivity index (χ3n) is 5.35. The second kappa shape index (κ2) is 9.69.